The Hall–Kier alpha value is -3.76. The van der Waals surface area contributed by atoms with Crippen LogP contribution in [0, 0.1) is 0 Å². The van der Waals surface area contributed by atoms with Crippen molar-refractivity contribution in [2.24, 2.45) is 0 Å². The number of nitrogens with zero attached hydrogens (tertiary/aromatic N) is 2. The zero-order chi connectivity index (χ0) is 31.9. The third kappa shape index (κ3) is 7.65. The second kappa shape index (κ2) is 14.8. The molecule has 0 spiro atoms. The highest BCUT2D eigenvalue weighted by atomic mass is 35.5. The van der Waals surface area contributed by atoms with Crippen molar-refractivity contribution in [3.63, 3.8) is 0 Å². The first-order chi connectivity index (χ1) is 21.1. The Balaban J connectivity index is 1.86. The summed E-state index contributed by atoms with van der Waals surface area (Å²) in [5.74, 6) is -0.968. The maximum absolute atomic E-state index is 14.4. The van der Waals surface area contributed by atoms with Gasteiger partial charge >= 0.3 is 0 Å². The number of hydrogen-bond acceptors (Lipinski definition) is 5. The maximum atomic E-state index is 14.4. The fourth-order valence-corrected chi connectivity index (χ4v) is 6.79. The quantitative estimate of drug-likeness (QED) is 0.192. The minimum absolute atomic E-state index is 0.0486. The number of hydrogen-bond donors (Lipinski definition) is 1. The molecule has 230 valence electrons. The van der Waals surface area contributed by atoms with E-state index in [1.807, 2.05) is 30.3 Å². The van der Waals surface area contributed by atoms with Crippen molar-refractivity contribution in [3.8, 4) is 5.75 Å². The van der Waals surface area contributed by atoms with E-state index < -0.39 is 34.4 Å². The molecule has 0 aliphatic carbocycles. The van der Waals surface area contributed by atoms with Crippen molar-refractivity contribution in [2.75, 3.05) is 25.0 Å². The van der Waals surface area contributed by atoms with Gasteiger partial charge in [-0.2, -0.15) is 0 Å². The van der Waals surface area contributed by atoms with Crippen molar-refractivity contribution in [3.05, 3.63) is 123 Å². The average Bonchev–Trinajstić information content (AvgIpc) is 3.03. The van der Waals surface area contributed by atoms with Gasteiger partial charge in [0.15, 0.2) is 0 Å². The number of likely N-dealkylation sites (N-methyl/N-ethyl adjacent to an activating group) is 1. The number of nitrogens with one attached hydrogen (secondary N) is 1. The number of benzene rings is 4. The first-order valence-electron chi connectivity index (χ1n) is 13.5. The zero-order valence-electron chi connectivity index (χ0n) is 23.9. The molecule has 8 nitrogen and oxygen atoms in total. The third-order valence-corrected chi connectivity index (χ3v) is 9.64. The summed E-state index contributed by atoms with van der Waals surface area (Å²) in [4.78, 5) is 29.1. The van der Waals surface area contributed by atoms with Gasteiger partial charge in [0.25, 0.3) is 10.0 Å². The van der Waals surface area contributed by atoms with Crippen LogP contribution in [0.5, 0.6) is 5.75 Å². The van der Waals surface area contributed by atoms with Crippen LogP contribution in [-0.4, -0.2) is 51.9 Å². The molecule has 0 aliphatic heterocycles. The Morgan fingerprint density at radius 3 is 2.07 bits per heavy atom. The van der Waals surface area contributed by atoms with E-state index in [0.717, 1.165) is 9.87 Å². The first kappa shape index (κ1) is 33.1. The summed E-state index contributed by atoms with van der Waals surface area (Å²) < 4.78 is 34.7. The molecule has 0 aliphatic rings. The molecule has 0 heterocycles. The Morgan fingerprint density at radius 2 is 1.48 bits per heavy atom. The molecule has 0 fully saturated rings. The Bertz CT molecular complexity index is 1700. The molecule has 1 atom stereocenters. The lowest BCUT2D eigenvalue weighted by atomic mass is 10.0. The van der Waals surface area contributed by atoms with Gasteiger partial charge in [-0.25, -0.2) is 8.42 Å². The normalized spacial score (nSPS) is 11.8. The van der Waals surface area contributed by atoms with Crippen LogP contribution in [0.1, 0.15) is 11.1 Å². The monoisotopic (exact) mass is 673 g/mol. The van der Waals surface area contributed by atoms with Gasteiger partial charge in [0.2, 0.25) is 11.8 Å². The Kier molecular flexibility index (Phi) is 11.2. The molecule has 0 radical (unpaired) electrons. The van der Waals surface area contributed by atoms with Crippen LogP contribution in [-0.2, 0) is 32.6 Å². The molecule has 12 heteroatoms. The van der Waals surface area contributed by atoms with E-state index in [2.05, 4.69) is 5.32 Å². The molecule has 1 unspecified atom stereocenters. The van der Waals surface area contributed by atoms with E-state index in [1.165, 1.54) is 43.3 Å². The van der Waals surface area contributed by atoms with Gasteiger partial charge in [0.1, 0.15) is 18.3 Å². The predicted octanol–water partition coefficient (Wildman–Crippen LogP) is 6.24. The van der Waals surface area contributed by atoms with Crippen LogP contribution < -0.4 is 14.4 Å². The van der Waals surface area contributed by atoms with Gasteiger partial charge in [0.05, 0.1) is 17.7 Å². The topological polar surface area (TPSA) is 96.0 Å². The minimum Gasteiger partial charge on any atom is -0.495 e. The maximum Gasteiger partial charge on any atom is 0.264 e. The number of anilines is 1. The lowest BCUT2D eigenvalue weighted by Crippen LogP contribution is -2.53. The third-order valence-electron chi connectivity index (χ3n) is 6.93. The van der Waals surface area contributed by atoms with Gasteiger partial charge < -0.3 is 15.0 Å². The summed E-state index contributed by atoms with van der Waals surface area (Å²) in [5.41, 5.74) is 1.24. The highest BCUT2D eigenvalue weighted by Crippen LogP contribution is 2.35. The van der Waals surface area contributed by atoms with Crippen molar-refractivity contribution < 1.29 is 22.7 Å². The number of carbonyl (C=O) groups excluding carboxylic acids is 2. The number of sulfonamides is 1. The molecule has 0 saturated heterocycles. The molecule has 0 aromatic heterocycles. The molecular formula is C32H30Cl3N3O5S. The van der Waals surface area contributed by atoms with E-state index in [4.69, 9.17) is 39.5 Å². The fourth-order valence-electron chi connectivity index (χ4n) is 4.67. The second-order valence-corrected chi connectivity index (χ2v) is 12.8. The number of methoxy groups -OCH3 is 1. The molecule has 44 heavy (non-hydrogen) atoms. The number of ether oxygens (including phenoxy) is 1. The van der Waals surface area contributed by atoms with Gasteiger partial charge in [-0.1, -0.05) is 89.4 Å². The minimum atomic E-state index is -4.34. The van der Waals surface area contributed by atoms with Gasteiger partial charge in [-0.3, -0.25) is 13.9 Å². The summed E-state index contributed by atoms with van der Waals surface area (Å²) in [7, 11) is -1.49. The van der Waals surface area contributed by atoms with Crippen LogP contribution in [0.4, 0.5) is 5.69 Å². The van der Waals surface area contributed by atoms with E-state index in [0.29, 0.717) is 5.56 Å². The number of amides is 2. The number of halogens is 3. The van der Waals surface area contributed by atoms with Crippen molar-refractivity contribution in [1.29, 1.82) is 0 Å². The van der Waals surface area contributed by atoms with Crippen molar-refractivity contribution in [1.82, 2.24) is 10.2 Å². The molecule has 0 bridgehead atoms. The molecular weight excluding hydrogens is 645 g/mol. The summed E-state index contributed by atoms with van der Waals surface area (Å²) in [6, 6.07) is 25.2. The molecule has 2 amide bonds. The lowest BCUT2D eigenvalue weighted by Gasteiger charge is -2.34. The standard InChI is InChI=1S/C32H30Cl3N3O5S/c1-36-32(40)29(18-22-10-5-3-6-11-22)37(20-25-26(34)14-9-15-27(25)35)31(39)21-38(28-19-23(33)16-17-30(28)43-2)44(41,42)24-12-7-4-8-13-24/h3-17,19,29H,18,20-21H2,1-2H3,(H,36,40). The first-order valence-corrected chi connectivity index (χ1v) is 16.0. The Labute approximate surface area is 272 Å². The molecule has 4 aromatic carbocycles. The molecule has 4 rings (SSSR count). The number of carbonyl (C=O) groups is 2. The summed E-state index contributed by atoms with van der Waals surface area (Å²) in [6.45, 7) is -0.869. The zero-order valence-corrected chi connectivity index (χ0v) is 27.0. The number of rotatable bonds is 12. The summed E-state index contributed by atoms with van der Waals surface area (Å²) in [6.07, 6.45) is 0.139. The lowest BCUT2D eigenvalue weighted by molar-refractivity contribution is -0.139. The second-order valence-electron chi connectivity index (χ2n) is 9.68. The van der Waals surface area contributed by atoms with Crippen LogP contribution in [0.25, 0.3) is 0 Å². The van der Waals surface area contributed by atoms with E-state index in [-0.39, 0.29) is 44.4 Å². The highest BCUT2D eigenvalue weighted by Gasteiger charge is 2.36. The van der Waals surface area contributed by atoms with Crippen molar-refractivity contribution >= 4 is 62.3 Å². The molecule has 0 saturated carbocycles. The molecule has 4 aromatic rings. The highest BCUT2D eigenvalue weighted by molar-refractivity contribution is 7.92. The van der Waals surface area contributed by atoms with E-state index >= 15 is 0 Å². The van der Waals surface area contributed by atoms with E-state index in [1.54, 1.807) is 42.5 Å². The summed E-state index contributed by atoms with van der Waals surface area (Å²) >= 11 is 19.3. The largest absolute Gasteiger partial charge is 0.495 e. The van der Waals surface area contributed by atoms with Crippen LogP contribution in [0.2, 0.25) is 15.1 Å². The summed E-state index contributed by atoms with van der Waals surface area (Å²) in [5, 5.41) is 3.44. The predicted molar refractivity (Wildman–Crippen MR) is 174 cm³/mol. The van der Waals surface area contributed by atoms with Crippen LogP contribution >= 0.6 is 34.8 Å². The Morgan fingerprint density at radius 1 is 0.864 bits per heavy atom. The SMILES string of the molecule is CNC(=O)C(Cc1ccccc1)N(Cc1c(Cl)cccc1Cl)C(=O)CN(c1cc(Cl)ccc1OC)S(=O)(=O)c1ccccc1. The van der Waals surface area contributed by atoms with E-state index in [9.17, 15) is 18.0 Å². The fraction of sp³-hybridized carbons (Fsp3) is 0.188. The smallest absolute Gasteiger partial charge is 0.264 e. The van der Waals surface area contributed by atoms with Crippen molar-refractivity contribution in [2.45, 2.75) is 23.9 Å². The molecule has 1 N–H and O–H groups in total. The van der Waals surface area contributed by atoms with Crippen LogP contribution in [0.3, 0.4) is 0 Å². The van der Waals surface area contributed by atoms with Gasteiger partial charge in [-0.15, -0.1) is 0 Å². The average molecular weight is 675 g/mol. The van der Waals surface area contributed by atoms with Gasteiger partial charge in [-0.05, 0) is 48.0 Å². The van der Waals surface area contributed by atoms with Crippen LogP contribution in [0.15, 0.2) is 102 Å². The van der Waals surface area contributed by atoms with Gasteiger partial charge in [0, 0.05) is 40.6 Å².